The molecule has 0 aromatic heterocycles. The van der Waals surface area contributed by atoms with Gasteiger partial charge in [-0.25, -0.2) is 0 Å². The second-order valence-corrected chi connectivity index (χ2v) is 10.5. The van der Waals surface area contributed by atoms with E-state index in [-0.39, 0.29) is 0 Å². The lowest BCUT2D eigenvalue weighted by Crippen LogP contribution is -2.46. The Balaban J connectivity index is 1.68. The van der Waals surface area contributed by atoms with Crippen LogP contribution < -0.4 is 0 Å². The van der Waals surface area contributed by atoms with Gasteiger partial charge in [-0.1, -0.05) is 40.0 Å². The smallest absolute Gasteiger partial charge is 0.373 e. The van der Waals surface area contributed by atoms with Crippen LogP contribution in [0.2, 0.25) is 6.04 Å². The molecule has 5 heteroatoms. The summed E-state index contributed by atoms with van der Waals surface area (Å²) in [5.74, 6) is 0.898. The molecular formula is C20H40O4Si. The van der Waals surface area contributed by atoms with Crippen LogP contribution in [-0.4, -0.2) is 40.8 Å². The quantitative estimate of drug-likeness (QED) is 0.221. The molecule has 2 rings (SSSR count). The zero-order chi connectivity index (χ0) is 18.0. The number of ether oxygens (including phenoxy) is 1. The van der Waals surface area contributed by atoms with Crippen molar-refractivity contribution >= 4 is 8.80 Å². The lowest BCUT2D eigenvalue weighted by Gasteiger charge is -2.29. The van der Waals surface area contributed by atoms with Crippen molar-refractivity contribution in [1.82, 2.24) is 0 Å². The number of hydrogen-bond acceptors (Lipinski definition) is 4. The fourth-order valence-corrected chi connectivity index (χ4v) is 6.73. The number of unbranched alkanes of at least 4 members (excludes halogenated alkanes) is 2. The molecule has 0 aromatic rings. The topological polar surface area (TPSA) is 40.2 Å². The van der Waals surface area contributed by atoms with E-state index >= 15 is 0 Å². The van der Waals surface area contributed by atoms with Gasteiger partial charge in [-0.15, -0.1) is 0 Å². The van der Waals surface area contributed by atoms with Gasteiger partial charge in [0.2, 0.25) is 0 Å². The fourth-order valence-electron chi connectivity index (χ4n) is 3.81. The van der Waals surface area contributed by atoms with Crippen LogP contribution in [0.4, 0.5) is 0 Å². The molecule has 25 heavy (non-hydrogen) atoms. The van der Waals surface area contributed by atoms with Gasteiger partial charge in [0.25, 0.3) is 0 Å². The number of hydrogen-bond donors (Lipinski definition) is 0. The first kappa shape index (κ1) is 21.4. The Bertz CT molecular complexity index is 331. The van der Waals surface area contributed by atoms with Crippen LogP contribution in [0.25, 0.3) is 0 Å². The van der Waals surface area contributed by atoms with Crippen molar-refractivity contribution in [3.8, 4) is 0 Å². The van der Waals surface area contributed by atoms with Gasteiger partial charge in [0.05, 0.1) is 12.2 Å². The van der Waals surface area contributed by atoms with E-state index < -0.39 is 8.80 Å². The van der Waals surface area contributed by atoms with Crippen LogP contribution in [0.3, 0.4) is 0 Å². The van der Waals surface area contributed by atoms with Crippen LogP contribution >= 0.6 is 0 Å². The molecule has 3 atom stereocenters. The highest BCUT2D eigenvalue weighted by atomic mass is 28.4. The van der Waals surface area contributed by atoms with Gasteiger partial charge in [-0.3, -0.25) is 0 Å². The second-order valence-electron chi connectivity index (χ2n) is 7.72. The monoisotopic (exact) mass is 372 g/mol. The average molecular weight is 373 g/mol. The molecule has 2 aliphatic rings. The van der Waals surface area contributed by atoms with Crippen molar-refractivity contribution in [2.75, 3.05) is 19.8 Å². The molecule has 3 unspecified atom stereocenters. The molecule has 0 spiro atoms. The standard InChI is InChI=1S/C20H40O4Si/c1-4-13-21-25(22-14-5-2,23-15-6-3)16-9-7-8-10-18-11-12-19-20(17-18)24-19/h18-20H,4-17H2,1-3H3. The van der Waals surface area contributed by atoms with E-state index in [1.54, 1.807) is 0 Å². The van der Waals surface area contributed by atoms with Gasteiger partial charge < -0.3 is 18.0 Å². The highest BCUT2D eigenvalue weighted by Crippen LogP contribution is 2.41. The van der Waals surface area contributed by atoms with Gasteiger partial charge in [0.1, 0.15) is 0 Å². The molecular weight excluding hydrogens is 332 g/mol. The molecule has 1 saturated heterocycles. The lowest BCUT2D eigenvalue weighted by atomic mass is 9.86. The van der Waals surface area contributed by atoms with E-state index in [9.17, 15) is 0 Å². The van der Waals surface area contributed by atoms with Crippen LogP contribution in [0.15, 0.2) is 0 Å². The Hall–Kier alpha value is 0.0569. The Kier molecular flexibility index (Phi) is 10.00. The number of rotatable bonds is 15. The fraction of sp³-hybridized carbons (Fsp3) is 1.00. The molecule has 4 nitrogen and oxygen atoms in total. The summed E-state index contributed by atoms with van der Waals surface area (Å²) in [6.07, 6.45) is 13.4. The van der Waals surface area contributed by atoms with Gasteiger partial charge >= 0.3 is 8.80 Å². The molecule has 0 radical (unpaired) electrons. The summed E-state index contributed by atoms with van der Waals surface area (Å²) >= 11 is 0. The average Bonchev–Trinajstić information content (AvgIpc) is 3.41. The van der Waals surface area contributed by atoms with Gasteiger partial charge in [-0.05, 0) is 50.9 Å². The zero-order valence-corrected chi connectivity index (χ0v) is 17.8. The Morgan fingerprint density at radius 1 is 0.800 bits per heavy atom. The summed E-state index contributed by atoms with van der Waals surface area (Å²) < 4.78 is 24.2. The van der Waals surface area contributed by atoms with E-state index in [1.165, 1.54) is 44.9 Å². The molecule has 148 valence electrons. The summed E-state index contributed by atoms with van der Waals surface area (Å²) in [5.41, 5.74) is 0. The van der Waals surface area contributed by atoms with Crippen LogP contribution in [0.5, 0.6) is 0 Å². The van der Waals surface area contributed by atoms with E-state index in [0.717, 1.165) is 51.0 Å². The van der Waals surface area contributed by atoms with E-state index in [0.29, 0.717) is 12.2 Å². The molecule has 0 amide bonds. The van der Waals surface area contributed by atoms with E-state index in [4.69, 9.17) is 18.0 Å². The minimum atomic E-state index is -2.47. The summed E-state index contributed by atoms with van der Waals surface area (Å²) in [6, 6.07) is 0.978. The first-order chi connectivity index (χ1) is 12.2. The maximum atomic E-state index is 6.18. The zero-order valence-electron chi connectivity index (χ0n) is 16.8. The first-order valence-corrected chi connectivity index (χ1v) is 12.7. The van der Waals surface area contributed by atoms with Crippen molar-refractivity contribution in [1.29, 1.82) is 0 Å². The number of epoxide rings is 1. The SMILES string of the molecule is CCCO[Si](CCCCCC1CCC2OC2C1)(OCCC)OCCC. The highest BCUT2D eigenvalue weighted by Gasteiger charge is 2.43. The van der Waals surface area contributed by atoms with Crippen LogP contribution in [-0.2, 0) is 18.0 Å². The second kappa shape index (κ2) is 11.7. The third-order valence-corrected chi connectivity index (χ3v) is 8.18. The Labute approximate surface area is 156 Å². The summed E-state index contributed by atoms with van der Waals surface area (Å²) in [5, 5.41) is 0. The summed E-state index contributed by atoms with van der Waals surface area (Å²) in [7, 11) is -2.47. The van der Waals surface area contributed by atoms with E-state index in [2.05, 4.69) is 20.8 Å². The van der Waals surface area contributed by atoms with Gasteiger partial charge in [-0.2, -0.15) is 0 Å². The van der Waals surface area contributed by atoms with Crippen LogP contribution in [0, 0.1) is 5.92 Å². The molecule has 1 aliphatic heterocycles. The largest absolute Gasteiger partial charge is 0.500 e. The van der Waals surface area contributed by atoms with E-state index in [1.807, 2.05) is 0 Å². The molecule has 0 aromatic carbocycles. The first-order valence-electron chi connectivity index (χ1n) is 10.8. The van der Waals surface area contributed by atoms with Gasteiger partial charge in [0, 0.05) is 25.9 Å². The van der Waals surface area contributed by atoms with Crippen molar-refractivity contribution in [2.24, 2.45) is 5.92 Å². The number of fused-ring (bicyclic) bond motifs is 1. The van der Waals surface area contributed by atoms with Crippen molar-refractivity contribution in [2.45, 2.75) is 103 Å². The maximum absolute atomic E-state index is 6.18. The van der Waals surface area contributed by atoms with Gasteiger partial charge in [0.15, 0.2) is 0 Å². The third kappa shape index (κ3) is 7.67. The molecule has 1 saturated carbocycles. The molecule has 1 aliphatic carbocycles. The lowest BCUT2D eigenvalue weighted by molar-refractivity contribution is 0.0586. The molecule has 0 bridgehead atoms. The molecule has 2 fully saturated rings. The summed E-state index contributed by atoms with van der Waals surface area (Å²) in [4.78, 5) is 0. The third-order valence-electron chi connectivity index (χ3n) is 5.29. The molecule has 0 N–H and O–H groups in total. The molecule has 1 heterocycles. The minimum absolute atomic E-state index is 0.617. The maximum Gasteiger partial charge on any atom is 0.500 e. The predicted octanol–water partition coefficient (Wildman–Crippen LogP) is 5.33. The Morgan fingerprint density at radius 2 is 1.44 bits per heavy atom. The predicted molar refractivity (Wildman–Crippen MR) is 104 cm³/mol. The Morgan fingerprint density at radius 3 is 2.00 bits per heavy atom. The normalized spacial score (nSPS) is 25.8. The van der Waals surface area contributed by atoms with Crippen molar-refractivity contribution in [3.63, 3.8) is 0 Å². The van der Waals surface area contributed by atoms with Crippen molar-refractivity contribution in [3.05, 3.63) is 0 Å². The highest BCUT2D eigenvalue weighted by molar-refractivity contribution is 6.60. The minimum Gasteiger partial charge on any atom is -0.373 e. The summed E-state index contributed by atoms with van der Waals surface area (Å²) in [6.45, 7) is 8.71. The van der Waals surface area contributed by atoms with Crippen LogP contribution in [0.1, 0.15) is 85.0 Å². The van der Waals surface area contributed by atoms with Crippen molar-refractivity contribution < 1.29 is 18.0 Å².